The van der Waals surface area contributed by atoms with Gasteiger partial charge in [-0.3, -0.25) is 0 Å². The van der Waals surface area contributed by atoms with E-state index >= 15 is 0 Å². The topological polar surface area (TPSA) is 79.2 Å². The van der Waals surface area contributed by atoms with Gasteiger partial charge >= 0.3 is 0 Å². The van der Waals surface area contributed by atoms with Crippen LogP contribution in [0.2, 0.25) is 0 Å². The quantitative estimate of drug-likeness (QED) is 0.639. The minimum absolute atomic E-state index is 0.0423. The average molecular weight is 234 g/mol. The molecule has 1 heterocycles. The summed E-state index contributed by atoms with van der Waals surface area (Å²) >= 11 is 0. The molecule has 6 atom stereocenters. The van der Waals surface area contributed by atoms with Crippen molar-refractivity contribution in [2.75, 3.05) is 0 Å². The zero-order valence-corrected chi connectivity index (χ0v) is 10.0. The van der Waals surface area contributed by atoms with E-state index in [2.05, 4.69) is 0 Å². The molecular formula is C11H22O5. The van der Waals surface area contributed by atoms with Crippen molar-refractivity contribution in [1.29, 1.82) is 0 Å². The maximum Gasteiger partial charge on any atom is 0.186 e. The largest absolute Gasteiger partial charge is 0.388 e. The van der Waals surface area contributed by atoms with Gasteiger partial charge < -0.3 is 24.8 Å². The van der Waals surface area contributed by atoms with Crippen molar-refractivity contribution in [2.24, 2.45) is 0 Å². The number of aliphatic hydroxyl groups is 3. The Bertz CT molecular complexity index is 211. The Labute approximate surface area is 96.0 Å². The minimum Gasteiger partial charge on any atom is -0.388 e. The highest BCUT2D eigenvalue weighted by Gasteiger charge is 2.42. The lowest BCUT2D eigenvalue weighted by atomic mass is 10.00. The summed E-state index contributed by atoms with van der Waals surface area (Å²) < 4.78 is 10.8. The van der Waals surface area contributed by atoms with Crippen LogP contribution in [0, 0.1) is 0 Å². The van der Waals surface area contributed by atoms with E-state index in [4.69, 9.17) is 9.47 Å². The van der Waals surface area contributed by atoms with Crippen molar-refractivity contribution < 1.29 is 24.8 Å². The number of hydrogen-bond acceptors (Lipinski definition) is 5. The van der Waals surface area contributed by atoms with Gasteiger partial charge in [0.1, 0.15) is 18.3 Å². The third-order valence-electron chi connectivity index (χ3n) is 2.87. The number of hydrogen-bond donors (Lipinski definition) is 3. The van der Waals surface area contributed by atoms with Crippen LogP contribution >= 0.6 is 0 Å². The molecule has 0 unspecified atom stereocenters. The smallest absolute Gasteiger partial charge is 0.186 e. The lowest BCUT2D eigenvalue weighted by molar-refractivity contribution is -0.302. The maximum atomic E-state index is 9.68. The first-order valence-corrected chi connectivity index (χ1v) is 5.82. The molecule has 0 amide bonds. The lowest BCUT2D eigenvalue weighted by Crippen LogP contribution is -2.57. The summed E-state index contributed by atoms with van der Waals surface area (Å²) in [6.45, 7) is 5.57. The molecule has 96 valence electrons. The normalized spacial score (nSPS) is 42.0. The molecule has 0 aromatic heterocycles. The van der Waals surface area contributed by atoms with Crippen LogP contribution in [-0.4, -0.2) is 52.1 Å². The highest BCUT2D eigenvalue weighted by Crippen LogP contribution is 2.23. The molecule has 0 aromatic rings. The van der Waals surface area contributed by atoms with Crippen LogP contribution in [0.4, 0.5) is 0 Å². The Morgan fingerprint density at radius 1 is 1.19 bits per heavy atom. The van der Waals surface area contributed by atoms with E-state index in [1.54, 1.807) is 6.92 Å². The van der Waals surface area contributed by atoms with E-state index < -0.39 is 30.7 Å². The fraction of sp³-hybridized carbons (Fsp3) is 1.00. The Hall–Kier alpha value is -0.200. The van der Waals surface area contributed by atoms with Gasteiger partial charge in [-0.15, -0.1) is 0 Å². The zero-order chi connectivity index (χ0) is 12.3. The van der Waals surface area contributed by atoms with E-state index in [-0.39, 0.29) is 6.10 Å². The van der Waals surface area contributed by atoms with Gasteiger partial charge in [-0.2, -0.15) is 0 Å². The minimum atomic E-state index is -1.22. The molecule has 1 fully saturated rings. The van der Waals surface area contributed by atoms with Crippen molar-refractivity contribution >= 4 is 0 Å². The number of aliphatic hydroxyl groups excluding tert-OH is 3. The molecule has 1 aliphatic heterocycles. The molecule has 5 heteroatoms. The summed E-state index contributed by atoms with van der Waals surface area (Å²) in [7, 11) is 0. The van der Waals surface area contributed by atoms with Crippen molar-refractivity contribution in [3.8, 4) is 0 Å². The van der Waals surface area contributed by atoms with Crippen LogP contribution in [0.3, 0.4) is 0 Å². The van der Waals surface area contributed by atoms with Crippen molar-refractivity contribution in [1.82, 2.24) is 0 Å². The van der Waals surface area contributed by atoms with Crippen molar-refractivity contribution in [2.45, 2.75) is 70.4 Å². The second-order valence-corrected chi connectivity index (χ2v) is 4.42. The molecule has 0 saturated carbocycles. The summed E-state index contributed by atoms with van der Waals surface area (Å²) in [5, 5.41) is 28.7. The SMILES string of the molecule is CCC[C@@H](C)O[C@@H]1O[C@@H](C)[C@H](O)[C@@H](O)[C@H]1O. The van der Waals surface area contributed by atoms with Crippen molar-refractivity contribution in [3.63, 3.8) is 0 Å². The van der Waals surface area contributed by atoms with E-state index in [1.165, 1.54) is 0 Å². The third-order valence-corrected chi connectivity index (χ3v) is 2.87. The first-order valence-electron chi connectivity index (χ1n) is 5.82. The molecule has 0 bridgehead atoms. The van der Waals surface area contributed by atoms with E-state index in [0.717, 1.165) is 12.8 Å². The monoisotopic (exact) mass is 234 g/mol. The molecule has 5 nitrogen and oxygen atoms in total. The Kier molecular flexibility index (Phi) is 5.14. The van der Waals surface area contributed by atoms with Gasteiger partial charge in [0.2, 0.25) is 0 Å². The Balaban J connectivity index is 2.53. The van der Waals surface area contributed by atoms with Crippen molar-refractivity contribution in [3.05, 3.63) is 0 Å². The fourth-order valence-corrected chi connectivity index (χ4v) is 1.83. The molecular weight excluding hydrogens is 212 g/mol. The third kappa shape index (κ3) is 3.15. The molecule has 16 heavy (non-hydrogen) atoms. The van der Waals surface area contributed by atoms with E-state index in [0.29, 0.717) is 0 Å². The van der Waals surface area contributed by atoms with E-state index in [9.17, 15) is 15.3 Å². The van der Waals surface area contributed by atoms with Gasteiger partial charge in [0.05, 0.1) is 12.2 Å². The van der Waals surface area contributed by atoms with Gasteiger partial charge in [0.15, 0.2) is 6.29 Å². The van der Waals surface area contributed by atoms with Crippen LogP contribution in [0.15, 0.2) is 0 Å². The molecule has 1 rings (SSSR count). The van der Waals surface area contributed by atoms with Gasteiger partial charge in [0, 0.05) is 0 Å². The summed E-state index contributed by atoms with van der Waals surface area (Å²) in [6.07, 6.45) is -3.11. The molecule has 0 aromatic carbocycles. The molecule has 1 saturated heterocycles. The van der Waals surface area contributed by atoms with E-state index in [1.807, 2.05) is 13.8 Å². The van der Waals surface area contributed by atoms with Crippen LogP contribution < -0.4 is 0 Å². The first kappa shape index (κ1) is 13.9. The average Bonchev–Trinajstić information content (AvgIpc) is 2.23. The molecule has 3 N–H and O–H groups in total. The first-order chi connectivity index (χ1) is 7.47. The number of rotatable bonds is 4. The van der Waals surface area contributed by atoms with Crippen LogP contribution in [-0.2, 0) is 9.47 Å². The Morgan fingerprint density at radius 2 is 1.81 bits per heavy atom. The number of ether oxygens (including phenoxy) is 2. The summed E-state index contributed by atoms with van der Waals surface area (Å²) in [5.74, 6) is 0. The van der Waals surface area contributed by atoms with Crippen LogP contribution in [0.25, 0.3) is 0 Å². The fourth-order valence-electron chi connectivity index (χ4n) is 1.83. The zero-order valence-electron chi connectivity index (χ0n) is 10.0. The maximum absolute atomic E-state index is 9.68. The summed E-state index contributed by atoms with van der Waals surface area (Å²) in [6, 6.07) is 0. The van der Waals surface area contributed by atoms with Gasteiger partial charge in [-0.05, 0) is 20.3 Å². The van der Waals surface area contributed by atoms with Crippen LogP contribution in [0.5, 0.6) is 0 Å². The molecule has 0 radical (unpaired) electrons. The molecule has 0 aliphatic carbocycles. The summed E-state index contributed by atoms with van der Waals surface area (Å²) in [5.41, 5.74) is 0. The van der Waals surface area contributed by atoms with Crippen LogP contribution in [0.1, 0.15) is 33.6 Å². The standard InChI is InChI=1S/C11H22O5/c1-4-5-6(2)15-11-10(14)9(13)8(12)7(3)16-11/h6-14H,4-5H2,1-3H3/t6-,7+,8+,9-,10-,11-/m1/s1. The molecule has 0 spiro atoms. The second kappa shape index (κ2) is 5.93. The van der Waals surface area contributed by atoms with Gasteiger partial charge in [0.25, 0.3) is 0 Å². The highest BCUT2D eigenvalue weighted by atomic mass is 16.7. The predicted molar refractivity (Wildman–Crippen MR) is 57.8 cm³/mol. The molecule has 1 aliphatic rings. The van der Waals surface area contributed by atoms with Gasteiger partial charge in [-0.25, -0.2) is 0 Å². The lowest BCUT2D eigenvalue weighted by Gasteiger charge is -2.39. The summed E-state index contributed by atoms with van der Waals surface area (Å²) in [4.78, 5) is 0. The van der Waals surface area contributed by atoms with Gasteiger partial charge in [-0.1, -0.05) is 13.3 Å². The Morgan fingerprint density at radius 3 is 2.38 bits per heavy atom. The highest BCUT2D eigenvalue weighted by molar-refractivity contribution is 4.87. The predicted octanol–water partition coefficient (Wildman–Crippen LogP) is 0.0191. The second-order valence-electron chi connectivity index (χ2n) is 4.42.